The topological polar surface area (TPSA) is 133 Å². The van der Waals surface area contributed by atoms with Gasteiger partial charge >= 0.3 is 0 Å². The van der Waals surface area contributed by atoms with Gasteiger partial charge in [-0.2, -0.15) is 5.10 Å². The van der Waals surface area contributed by atoms with Gasteiger partial charge in [0.1, 0.15) is 0 Å². The summed E-state index contributed by atoms with van der Waals surface area (Å²) in [6, 6.07) is 20.1. The molecular weight excluding hydrogens is 474 g/mol. The second-order valence-electron chi connectivity index (χ2n) is 7.32. The van der Waals surface area contributed by atoms with Gasteiger partial charge in [0.15, 0.2) is 5.69 Å². The van der Waals surface area contributed by atoms with Gasteiger partial charge in [0.25, 0.3) is 11.8 Å². The lowest BCUT2D eigenvalue weighted by Crippen LogP contribution is -2.41. The average Bonchev–Trinajstić information content (AvgIpc) is 3.51. The number of nitrogens with zero attached hydrogens (tertiary/aromatic N) is 1. The van der Waals surface area contributed by atoms with Crippen LogP contribution in [0, 0.1) is 6.92 Å². The van der Waals surface area contributed by atoms with Crippen molar-refractivity contribution in [3.8, 4) is 10.6 Å². The van der Waals surface area contributed by atoms with Crippen LogP contribution in [0.4, 0.5) is 0 Å². The summed E-state index contributed by atoms with van der Waals surface area (Å²) < 4.78 is 27.8. The van der Waals surface area contributed by atoms with E-state index in [4.69, 9.17) is 0 Å². The summed E-state index contributed by atoms with van der Waals surface area (Å²) in [5, 5.41) is 6.77. The van der Waals surface area contributed by atoms with Crippen molar-refractivity contribution in [3.63, 3.8) is 0 Å². The Morgan fingerprint density at radius 1 is 0.941 bits per heavy atom. The molecule has 0 unspecified atom stereocenters. The Hall–Kier alpha value is -3.80. The molecular formula is C23H21N5O4S2. The molecule has 4 rings (SSSR count). The van der Waals surface area contributed by atoms with Crippen molar-refractivity contribution in [1.82, 2.24) is 25.8 Å². The maximum Gasteiger partial charge on any atom is 0.290 e. The minimum absolute atomic E-state index is 0.0643. The largest absolute Gasteiger partial charge is 0.290 e. The molecule has 2 amide bonds. The van der Waals surface area contributed by atoms with E-state index in [-0.39, 0.29) is 22.7 Å². The van der Waals surface area contributed by atoms with E-state index in [1.54, 1.807) is 29.5 Å². The van der Waals surface area contributed by atoms with E-state index in [1.807, 2.05) is 37.3 Å². The molecule has 0 saturated carbocycles. The summed E-state index contributed by atoms with van der Waals surface area (Å²) in [6.07, 6.45) is 0. The highest BCUT2D eigenvalue weighted by atomic mass is 32.2. The van der Waals surface area contributed by atoms with Crippen LogP contribution < -0.4 is 15.6 Å². The van der Waals surface area contributed by atoms with Gasteiger partial charge < -0.3 is 0 Å². The van der Waals surface area contributed by atoms with Gasteiger partial charge in [-0.05, 0) is 48.9 Å². The van der Waals surface area contributed by atoms with Crippen LogP contribution in [0.5, 0.6) is 0 Å². The van der Waals surface area contributed by atoms with Crippen molar-refractivity contribution >= 4 is 33.2 Å². The SMILES string of the molecule is Cc1ccc(-c2cc(C(=O)NNC(=O)c3cccc(S(=O)(=O)NCc4ccccc4)c3)n[nH]2)s1. The number of aromatic nitrogens is 2. The van der Waals surface area contributed by atoms with Gasteiger partial charge in [0, 0.05) is 17.0 Å². The minimum Gasteiger partial charge on any atom is -0.276 e. The molecule has 2 aromatic heterocycles. The van der Waals surface area contributed by atoms with Crippen molar-refractivity contribution in [1.29, 1.82) is 0 Å². The predicted molar refractivity (Wildman–Crippen MR) is 128 cm³/mol. The summed E-state index contributed by atoms with van der Waals surface area (Å²) in [6.45, 7) is 2.10. The molecule has 2 heterocycles. The number of carbonyl (C=O) groups excluding carboxylic acids is 2. The van der Waals surface area contributed by atoms with Crippen LogP contribution in [0.2, 0.25) is 0 Å². The van der Waals surface area contributed by atoms with E-state index < -0.39 is 21.8 Å². The number of H-pyrrole nitrogens is 1. The maximum absolute atomic E-state index is 12.6. The third kappa shape index (κ3) is 5.57. The Morgan fingerprint density at radius 2 is 1.71 bits per heavy atom. The predicted octanol–water partition coefficient (Wildman–Crippen LogP) is 3.00. The molecule has 2 aromatic carbocycles. The lowest BCUT2D eigenvalue weighted by molar-refractivity contribution is 0.0844. The zero-order chi connectivity index (χ0) is 24.1. The number of hydrogen-bond donors (Lipinski definition) is 4. The van der Waals surface area contributed by atoms with Gasteiger partial charge in [0.05, 0.1) is 15.5 Å². The third-order valence-electron chi connectivity index (χ3n) is 4.82. The van der Waals surface area contributed by atoms with Crippen molar-refractivity contribution in [2.24, 2.45) is 0 Å². The van der Waals surface area contributed by atoms with Gasteiger partial charge in [-0.1, -0.05) is 36.4 Å². The standard InChI is InChI=1S/C23H21N5O4S2/c1-15-10-11-21(33-15)19-13-20(26-25-19)23(30)28-27-22(29)17-8-5-9-18(12-17)34(31,32)24-14-16-6-3-2-4-7-16/h2-13,24H,14H2,1H3,(H,25,26)(H,27,29)(H,28,30). The highest BCUT2D eigenvalue weighted by Gasteiger charge is 2.17. The first-order valence-electron chi connectivity index (χ1n) is 10.2. The fraction of sp³-hybridized carbons (Fsp3) is 0.0870. The number of hydrazine groups is 1. The number of sulfonamides is 1. The normalized spacial score (nSPS) is 11.2. The zero-order valence-electron chi connectivity index (χ0n) is 18.0. The Morgan fingerprint density at radius 3 is 2.44 bits per heavy atom. The highest BCUT2D eigenvalue weighted by molar-refractivity contribution is 7.89. The van der Waals surface area contributed by atoms with Crippen LogP contribution in [-0.2, 0) is 16.6 Å². The second-order valence-corrected chi connectivity index (χ2v) is 10.4. The molecule has 0 aliphatic carbocycles. The minimum atomic E-state index is -3.84. The molecule has 0 saturated heterocycles. The first-order chi connectivity index (χ1) is 16.3. The molecule has 0 bridgehead atoms. The highest BCUT2D eigenvalue weighted by Crippen LogP contribution is 2.26. The van der Waals surface area contributed by atoms with E-state index >= 15 is 0 Å². The Bertz CT molecular complexity index is 1430. The molecule has 4 aromatic rings. The summed E-state index contributed by atoms with van der Waals surface area (Å²) >= 11 is 1.56. The lowest BCUT2D eigenvalue weighted by Gasteiger charge is -2.09. The Kier molecular flexibility index (Phi) is 6.87. The second kappa shape index (κ2) is 10.00. The molecule has 0 aliphatic heterocycles. The smallest absolute Gasteiger partial charge is 0.276 e. The van der Waals surface area contributed by atoms with E-state index in [9.17, 15) is 18.0 Å². The first-order valence-corrected chi connectivity index (χ1v) is 12.5. The molecule has 34 heavy (non-hydrogen) atoms. The van der Waals surface area contributed by atoms with Gasteiger partial charge in [-0.25, -0.2) is 13.1 Å². The lowest BCUT2D eigenvalue weighted by atomic mass is 10.2. The number of hydrogen-bond acceptors (Lipinski definition) is 6. The van der Waals surface area contributed by atoms with Crippen LogP contribution in [0.25, 0.3) is 10.6 Å². The van der Waals surface area contributed by atoms with E-state index in [0.717, 1.165) is 15.3 Å². The fourth-order valence-electron chi connectivity index (χ4n) is 3.06. The molecule has 0 radical (unpaired) electrons. The average molecular weight is 496 g/mol. The van der Waals surface area contributed by atoms with Crippen LogP contribution >= 0.6 is 11.3 Å². The molecule has 0 aliphatic rings. The maximum atomic E-state index is 12.6. The van der Waals surface area contributed by atoms with Gasteiger partial charge in [0.2, 0.25) is 10.0 Å². The van der Waals surface area contributed by atoms with Crippen molar-refractivity contribution in [3.05, 3.63) is 94.5 Å². The zero-order valence-corrected chi connectivity index (χ0v) is 19.7. The van der Waals surface area contributed by atoms with Gasteiger partial charge in [-0.15, -0.1) is 11.3 Å². The molecule has 4 N–H and O–H groups in total. The van der Waals surface area contributed by atoms with Crippen LogP contribution in [0.15, 0.2) is 77.7 Å². The molecule has 9 nitrogen and oxygen atoms in total. The summed E-state index contributed by atoms with van der Waals surface area (Å²) in [7, 11) is -3.84. The van der Waals surface area contributed by atoms with Crippen molar-refractivity contribution < 1.29 is 18.0 Å². The molecule has 174 valence electrons. The Labute approximate surface area is 200 Å². The number of carbonyl (C=O) groups is 2. The van der Waals surface area contributed by atoms with Gasteiger partial charge in [-0.3, -0.25) is 25.5 Å². The monoisotopic (exact) mass is 495 g/mol. The third-order valence-corrected chi connectivity index (χ3v) is 7.25. The summed E-state index contributed by atoms with van der Waals surface area (Å²) in [4.78, 5) is 26.9. The quantitative estimate of drug-likeness (QED) is 0.293. The fourth-order valence-corrected chi connectivity index (χ4v) is 4.95. The first kappa shape index (κ1) is 23.4. The Balaban J connectivity index is 1.37. The summed E-state index contributed by atoms with van der Waals surface area (Å²) in [5.41, 5.74) is 6.23. The number of thiophene rings is 1. The van der Waals surface area contributed by atoms with Crippen molar-refractivity contribution in [2.45, 2.75) is 18.4 Å². The molecule has 11 heteroatoms. The van der Waals surface area contributed by atoms with Crippen molar-refractivity contribution in [2.75, 3.05) is 0 Å². The van der Waals surface area contributed by atoms with Crippen LogP contribution in [0.1, 0.15) is 31.3 Å². The molecule has 0 atom stereocenters. The van der Waals surface area contributed by atoms with E-state index in [2.05, 4.69) is 25.8 Å². The summed E-state index contributed by atoms with van der Waals surface area (Å²) in [5.74, 6) is -1.28. The van der Waals surface area contributed by atoms with Crippen LogP contribution in [0.3, 0.4) is 0 Å². The molecule has 0 fully saturated rings. The van der Waals surface area contributed by atoms with E-state index in [1.165, 1.54) is 24.3 Å². The molecule has 0 spiro atoms. The number of amides is 2. The number of nitrogens with one attached hydrogen (secondary N) is 4. The van der Waals surface area contributed by atoms with E-state index in [0.29, 0.717) is 5.69 Å². The number of aromatic amines is 1. The number of benzene rings is 2. The number of rotatable bonds is 7. The number of aryl methyl sites for hydroxylation is 1. The van der Waals surface area contributed by atoms with Crippen LogP contribution in [-0.4, -0.2) is 30.4 Å².